The van der Waals surface area contributed by atoms with E-state index in [0.717, 1.165) is 0 Å². The van der Waals surface area contributed by atoms with E-state index in [0.29, 0.717) is 31.1 Å². The number of carbonyl (C=O) groups is 2. The van der Waals surface area contributed by atoms with Gasteiger partial charge in [0.25, 0.3) is 0 Å². The molecule has 2 rings (SSSR count). The van der Waals surface area contributed by atoms with E-state index in [2.05, 4.69) is 4.99 Å². The van der Waals surface area contributed by atoms with Crippen molar-refractivity contribution >= 4 is 28.7 Å². The molecule has 3 atom stereocenters. The van der Waals surface area contributed by atoms with Gasteiger partial charge in [-0.05, 0) is 27.2 Å². The molecule has 1 fully saturated rings. The highest BCUT2D eigenvalue weighted by Crippen LogP contribution is 2.66. The Kier molecular flexibility index (Phi) is 4.14. The SMILES string of the molecule is CCOC(=O)[C@H](CC)C1=N[C@]2(C(=O)OCC)C[C@]2(C)S1. The smallest absolute Gasteiger partial charge is 0.335 e. The van der Waals surface area contributed by atoms with Crippen molar-refractivity contribution in [3.63, 3.8) is 0 Å². The van der Waals surface area contributed by atoms with Crippen molar-refractivity contribution in [3.8, 4) is 0 Å². The number of hydrogen-bond donors (Lipinski definition) is 0. The van der Waals surface area contributed by atoms with Gasteiger partial charge in [0.2, 0.25) is 0 Å². The maximum Gasteiger partial charge on any atom is 0.335 e. The summed E-state index contributed by atoms with van der Waals surface area (Å²) in [6.07, 6.45) is 1.31. The third-order valence-electron chi connectivity index (χ3n) is 3.86. The number of aliphatic imine (C=N–C) groups is 1. The summed E-state index contributed by atoms with van der Waals surface area (Å²) >= 11 is 1.53. The lowest BCUT2D eigenvalue weighted by Gasteiger charge is -2.14. The van der Waals surface area contributed by atoms with Crippen LogP contribution < -0.4 is 0 Å². The number of fused-ring (bicyclic) bond motifs is 1. The fourth-order valence-corrected chi connectivity index (χ4v) is 4.23. The molecule has 0 unspecified atom stereocenters. The first-order valence-corrected chi connectivity index (χ1v) is 7.88. The predicted octanol–water partition coefficient (Wildman–Crippen LogP) is 2.19. The van der Waals surface area contributed by atoms with E-state index >= 15 is 0 Å². The first kappa shape index (κ1) is 15.4. The van der Waals surface area contributed by atoms with Crippen LogP contribution in [0.4, 0.5) is 0 Å². The Morgan fingerprint density at radius 1 is 1.30 bits per heavy atom. The minimum Gasteiger partial charge on any atom is -0.465 e. The van der Waals surface area contributed by atoms with Crippen molar-refractivity contribution in [3.05, 3.63) is 0 Å². The molecule has 0 bridgehead atoms. The average molecular weight is 299 g/mol. The maximum absolute atomic E-state index is 12.1. The largest absolute Gasteiger partial charge is 0.465 e. The van der Waals surface area contributed by atoms with Crippen LogP contribution in [0.5, 0.6) is 0 Å². The molecule has 112 valence electrons. The zero-order valence-electron chi connectivity index (χ0n) is 12.4. The van der Waals surface area contributed by atoms with Crippen LogP contribution in [-0.4, -0.2) is 40.5 Å². The molecule has 2 aliphatic rings. The fraction of sp³-hybridized carbons (Fsp3) is 0.786. The molecular formula is C14H21NO4S. The van der Waals surface area contributed by atoms with Gasteiger partial charge < -0.3 is 9.47 Å². The number of hydrogen-bond acceptors (Lipinski definition) is 6. The Morgan fingerprint density at radius 2 is 1.95 bits per heavy atom. The number of rotatable bonds is 6. The molecule has 0 spiro atoms. The molecule has 6 heteroatoms. The number of nitrogens with zero attached hydrogens (tertiary/aromatic N) is 1. The molecule has 0 N–H and O–H groups in total. The molecule has 1 aliphatic heterocycles. The second kappa shape index (κ2) is 5.39. The molecule has 20 heavy (non-hydrogen) atoms. The molecule has 1 heterocycles. The predicted molar refractivity (Wildman–Crippen MR) is 77.8 cm³/mol. The maximum atomic E-state index is 12.1. The van der Waals surface area contributed by atoms with Crippen molar-refractivity contribution in [2.24, 2.45) is 10.9 Å². The van der Waals surface area contributed by atoms with Crippen LogP contribution in [0.3, 0.4) is 0 Å². The highest BCUT2D eigenvalue weighted by molar-refractivity contribution is 8.16. The summed E-state index contributed by atoms with van der Waals surface area (Å²) in [5, 5.41) is 0.716. The second-order valence-electron chi connectivity index (χ2n) is 5.25. The van der Waals surface area contributed by atoms with Gasteiger partial charge in [-0.3, -0.25) is 9.79 Å². The third kappa shape index (κ3) is 2.24. The number of esters is 2. The van der Waals surface area contributed by atoms with Crippen LogP contribution in [0, 0.1) is 5.92 Å². The van der Waals surface area contributed by atoms with Crippen LogP contribution in [0.25, 0.3) is 0 Å². The van der Waals surface area contributed by atoms with Crippen LogP contribution in [-0.2, 0) is 19.1 Å². The minimum absolute atomic E-state index is 0.255. The summed E-state index contributed by atoms with van der Waals surface area (Å²) in [4.78, 5) is 28.6. The van der Waals surface area contributed by atoms with Crippen molar-refractivity contribution in [2.45, 2.75) is 50.8 Å². The number of thioether (sulfide) groups is 1. The molecular weight excluding hydrogens is 278 g/mol. The molecule has 0 radical (unpaired) electrons. The van der Waals surface area contributed by atoms with Gasteiger partial charge in [0.1, 0.15) is 5.92 Å². The van der Waals surface area contributed by atoms with E-state index in [-0.39, 0.29) is 22.6 Å². The molecule has 5 nitrogen and oxygen atoms in total. The standard InChI is InChI=1S/C14H21NO4S/c1-5-9(11(16)18-6-2)10-15-14(12(17)19-7-3)8-13(14,4)20-10/h9H,5-8H2,1-4H3/t9-,13+,14+/m1/s1. The minimum atomic E-state index is -0.775. The van der Waals surface area contributed by atoms with E-state index in [1.807, 2.05) is 13.8 Å². The van der Waals surface area contributed by atoms with Crippen molar-refractivity contribution in [2.75, 3.05) is 13.2 Å². The summed E-state index contributed by atoms with van der Waals surface area (Å²) in [5.41, 5.74) is -0.775. The van der Waals surface area contributed by atoms with Gasteiger partial charge >= 0.3 is 11.9 Å². The van der Waals surface area contributed by atoms with E-state index in [4.69, 9.17) is 9.47 Å². The van der Waals surface area contributed by atoms with E-state index < -0.39 is 5.54 Å². The lowest BCUT2D eigenvalue weighted by atomic mass is 10.1. The Balaban J connectivity index is 2.19. The molecule has 0 aromatic heterocycles. The zero-order valence-corrected chi connectivity index (χ0v) is 13.2. The third-order valence-corrected chi connectivity index (χ3v) is 5.38. The average Bonchev–Trinajstić information content (AvgIpc) is 2.85. The molecule has 0 aromatic carbocycles. The Morgan fingerprint density at radius 3 is 2.50 bits per heavy atom. The van der Waals surface area contributed by atoms with Crippen molar-refractivity contribution in [1.82, 2.24) is 0 Å². The van der Waals surface area contributed by atoms with E-state index in [1.165, 1.54) is 11.8 Å². The molecule has 1 saturated carbocycles. The highest BCUT2D eigenvalue weighted by atomic mass is 32.2. The number of ether oxygens (including phenoxy) is 2. The Labute approximate surface area is 123 Å². The van der Waals surface area contributed by atoms with Gasteiger partial charge in [0, 0.05) is 6.42 Å². The lowest BCUT2D eigenvalue weighted by molar-refractivity contribution is -0.147. The van der Waals surface area contributed by atoms with Gasteiger partial charge in [0.05, 0.1) is 23.0 Å². The van der Waals surface area contributed by atoms with Crippen LogP contribution in [0.15, 0.2) is 4.99 Å². The first-order chi connectivity index (χ1) is 9.44. The summed E-state index contributed by atoms with van der Waals surface area (Å²) in [6, 6.07) is 0. The quantitative estimate of drug-likeness (QED) is 0.703. The highest BCUT2D eigenvalue weighted by Gasteiger charge is 2.75. The molecule has 0 amide bonds. The molecule has 0 aromatic rings. The summed E-state index contributed by atoms with van der Waals surface area (Å²) < 4.78 is 9.96. The van der Waals surface area contributed by atoms with Crippen LogP contribution in [0.2, 0.25) is 0 Å². The normalized spacial score (nSPS) is 32.1. The topological polar surface area (TPSA) is 65.0 Å². The summed E-state index contributed by atoms with van der Waals surface area (Å²) in [7, 11) is 0. The van der Waals surface area contributed by atoms with Gasteiger partial charge in [-0.1, -0.05) is 6.92 Å². The van der Waals surface area contributed by atoms with E-state index in [9.17, 15) is 9.59 Å². The first-order valence-electron chi connectivity index (χ1n) is 7.06. The summed E-state index contributed by atoms with van der Waals surface area (Å²) in [6.45, 7) is 8.20. The van der Waals surface area contributed by atoms with Gasteiger partial charge in [-0.25, -0.2) is 4.79 Å². The zero-order chi connectivity index (χ0) is 15.0. The van der Waals surface area contributed by atoms with Gasteiger partial charge in [-0.2, -0.15) is 0 Å². The van der Waals surface area contributed by atoms with Crippen molar-refractivity contribution < 1.29 is 19.1 Å². The van der Waals surface area contributed by atoms with E-state index in [1.54, 1.807) is 13.8 Å². The number of carbonyl (C=O) groups excluding carboxylic acids is 2. The second-order valence-corrected chi connectivity index (χ2v) is 6.78. The Hall–Kier alpha value is -1.04. The van der Waals surface area contributed by atoms with Gasteiger partial charge in [-0.15, -0.1) is 11.8 Å². The Bertz CT molecular complexity index is 464. The fourth-order valence-electron chi connectivity index (χ4n) is 2.58. The van der Waals surface area contributed by atoms with Crippen molar-refractivity contribution in [1.29, 1.82) is 0 Å². The van der Waals surface area contributed by atoms with Crippen LogP contribution in [0.1, 0.15) is 40.5 Å². The molecule has 0 saturated heterocycles. The van der Waals surface area contributed by atoms with Gasteiger partial charge in [0.15, 0.2) is 5.54 Å². The summed E-state index contributed by atoms with van der Waals surface area (Å²) in [5.74, 6) is -0.898. The van der Waals surface area contributed by atoms with Crippen LogP contribution >= 0.6 is 11.8 Å². The monoisotopic (exact) mass is 299 g/mol. The molecule has 1 aliphatic carbocycles. The lowest BCUT2D eigenvalue weighted by Crippen LogP contribution is -2.28.